The van der Waals surface area contributed by atoms with Crippen LogP contribution in [-0.2, 0) is 6.42 Å². The summed E-state index contributed by atoms with van der Waals surface area (Å²) in [7, 11) is 0. The highest BCUT2D eigenvalue weighted by molar-refractivity contribution is 5.26. The molecule has 0 spiro atoms. The Balaban J connectivity index is 1.90. The van der Waals surface area contributed by atoms with E-state index in [1.807, 2.05) is 0 Å². The van der Waals surface area contributed by atoms with Gasteiger partial charge in [0, 0.05) is 12.1 Å². The van der Waals surface area contributed by atoms with E-state index in [0.717, 1.165) is 5.56 Å². The van der Waals surface area contributed by atoms with Crippen LogP contribution >= 0.6 is 0 Å². The number of rotatable bonds is 5. The highest BCUT2D eigenvalue weighted by Gasteiger charge is 2.42. The van der Waals surface area contributed by atoms with Crippen molar-refractivity contribution in [3.8, 4) is 5.75 Å². The Morgan fingerprint density at radius 2 is 1.86 bits per heavy atom. The van der Waals surface area contributed by atoms with Crippen LogP contribution in [0.4, 0.5) is 13.2 Å². The fourth-order valence-electron chi connectivity index (χ4n) is 3.06. The first kappa shape index (κ1) is 17.1. The molecular formula is C16H22F3NO2. The van der Waals surface area contributed by atoms with Gasteiger partial charge in [-0.2, -0.15) is 13.2 Å². The van der Waals surface area contributed by atoms with E-state index >= 15 is 0 Å². The molecule has 1 aliphatic rings. The Morgan fingerprint density at radius 1 is 1.18 bits per heavy atom. The molecule has 1 aromatic rings. The lowest BCUT2D eigenvalue weighted by molar-refractivity contribution is -0.183. The normalized spacial score (nSPS) is 24.2. The van der Waals surface area contributed by atoms with Crippen LogP contribution in [0.2, 0.25) is 0 Å². The van der Waals surface area contributed by atoms with Crippen LogP contribution in [0.15, 0.2) is 24.3 Å². The number of aromatic hydroxyl groups is 1. The molecular weight excluding hydrogens is 295 g/mol. The van der Waals surface area contributed by atoms with E-state index in [2.05, 4.69) is 5.32 Å². The van der Waals surface area contributed by atoms with E-state index in [4.69, 9.17) is 0 Å². The fraction of sp³-hybridized carbons (Fsp3) is 0.625. The maximum absolute atomic E-state index is 12.8. The molecule has 0 unspecified atom stereocenters. The molecule has 6 heteroatoms. The van der Waals surface area contributed by atoms with Crippen molar-refractivity contribution in [3.63, 3.8) is 0 Å². The van der Waals surface area contributed by atoms with Gasteiger partial charge in [0.2, 0.25) is 0 Å². The molecule has 0 aromatic heterocycles. The Hall–Kier alpha value is -1.27. The van der Waals surface area contributed by atoms with Crippen molar-refractivity contribution in [2.45, 2.75) is 50.4 Å². The maximum atomic E-state index is 12.8. The van der Waals surface area contributed by atoms with Gasteiger partial charge in [0.1, 0.15) is 5.75 Å². The second-order valence-corrected chi connectivity index (χ2v) is 6.02. The summed E-state index contributed by atoms with van der Waals surface area (Å²) >= 11 is 0. The van der Waals surface area contributed by atoms with Gasteiger partial charge in [0.15, 0.2) is 0 Å². The van der Waals surface area contributed by atoms with Crippen LogP contribution in [0.5, 0.6) is 5.75 Å². The molecule has 0 saturated heterocycles. The highest BCUT2D eigenvalue weighted by atomic mass is 19.4. The Morgan fingerprint density at radius 3 is 2.45 bits per heavy atom. The summed E-state index contributed by atoms with van der Waals surface area (Å²) in [5.41, 5.74) is 0.924. The number of hydrogen-bond donors (Lipinski definition) is 3. The van der Waals surface area contributed by atoms with Crippen LogP contribution in [-0.4, -0.2) is 35.1 Å². The van der Waals surface area contributed by atoms with Crippen molar-refractivity contribution in [2.24, 2.45) is 5.92 Å². The molecule has 1 saturated carbocycles. The monoisotopic (exact) mass is 317 g/mol. The first-order chi connectivity index (χ1) is 10.4. The van der Waals surface area contributed by atoms with Crippen molar-refractivity contribution in [2.75, 3.05) is 6.61 Å². The second kappa shape index (κ2) is 7.33. The van der Waals surface area contributed by atoms with Crippen LogP contribution in [0.25, 0.3) is 0 Å². The van der Waals surface area contributed by atoms with E-state index in [1.165, 1.54) is 0 Å². The third-order valence-corrected chi connectivity index (χ3v) is 4.25. The van der Waals surface area contributed by atoms with Gasteiger partial charge in [-0.1, -0.05) is 18.6 Å². The molecule has 124 valence electrons. The first-order valence-electron chi connectivity index (χ1n) is 7.60. The maximum Gasteiger partial charge on any atom is 0.391 e. The number of aliphatic hydroxyl groups excluding tert-OH is 1. The van der Waals surface area contributed by atoms with Crippen LogP contribution in [0.1, 0.15) is 31.2 Å². The van der Waals surface area contributed by atoms with Gasteiger partial charge in [0.05, 0.1) is 12.5 Å². The molecule has 0 radical (unpaired) electrons. The number of hydrogen-bond acceptors (Lipinski definition) is 3. The summed E-state index contributed by atoms with van der Waals surface area (Å²) in [5.74, 6) is -1.08. The van der Waals surface area contributed by atoms with Crippen LogP contribution in [0, 0.1) is 5.92 Å². The zero-order valence-electron chi connectivity index (χ0n) is 12.3. The topological polar surface area (TPSA) is 52.5 Å². The molecule has 3 nitrogen and oxygen atoms in total. The minimum absolute atomic E-state index is 0.0789. The van der Waals surface area contributed by atoms with E-state index in [9.17, 15) is 23.4 Å². The molecule has 0 amide bonds. The third kappa shape index (κ3) is 4.88. The molecule has 1 aromatic carbocycles. The van der Waals surface area contributed by atoms with Gasteiger partial charge in [-0.15, -0.1) is 0 Å². The molecule has 22 heavy (non-hydrogen) atoms. The van der Waals surface area contributed by atoms with Crippen molar-refractivity contribution in [1.29, 1.82) is 0 Å². The van der Waals surface area contributed by atoms with Gasteiger partial charge in [-0.25, -0.2) is 0 Å². The number of benzene rings is 1. The van der Waals surface area contributed by atoms with Crippen molar-refractivity contribution >= 4 is 0 Å². The van der Waals surface area contributed by atoms with E-state index in [0.29, 0.717) is 19.3 Å². The Kier molecular flexibility index (Phi) is 5.69. The third-order valence-electron chi connectivity index (χ3n) is 4.25. The molecule has 1 aliphatic carbocycles. The van der Waals surface area contributed by atoms with Gasteiger partial charge in [-0.3, -0.25) is 0 Å². The summed E-state index contributed by atoms with van der Waals surface area (Å²) in [5, 5.41) is 21.9. The molecule has 0 heterocycles. The summed E-state index contributed by atoms with van der Waals surface area (Å²) in [6.07, 6.45) is -2.08. The largest absolute Gasteiger partial charge is 0.508 e. The summed E-state index contributed by atoms with van der Waals surface area (Å²) < 4.78 is 38.5. The lowest BCUT2D eigenvalue weighted by Crippen LogP contribution is -2.45. The SMILES string of the molecule is OC[C@H](Cc1ccc(O)cc1)N[C@@H]1CCC[C@H](C(F)(F)F)C1. The molecule has 0 bridgehead atoms. The Labute approximate surface area is 128 Å². The lowest BCUT2D eigenvalue weighted by Gasteiger charge is -2.33. The lowest BCUT2D eigenvalue weighted by atomic mass is 9.84. The standard InChI is InChI=1S/C16H22F3NO2/c17-16(18,19)12-2-1-3-13(9-12)20-14(10-21)8-11-4-6-15(22)7-5-11/h4-7,12-14,20-22H,1-3,8-10H2/t12-,13+,14-/m0/s1. The van der Waals surface area contributed by atoms with Gasteiger partial charge in [-0.05, 0) is 43.4 Å². The van der Waals surface area contributed by atoms with Crippen molar-refractivity contribution < 1.29 is 23.4 Å². The van der Waals surface area contributed by atoms with Gasteiger partial charge >= 0.3 is 6.18 Å². The van der Waals surface area contributed by atoms with Crippen LogP contribution < -0.4 is 5.32 Å². The summed E-state index contributed by atoms with van der Waals surface area (Å²) in [6, 6.07) is 6.13. The average Bonchev–Trinajstić information content (AvgIpc) is 2.48. The van der Waals surface area contributed by atoms with E-state index in [1.54, 1.807) is 24.3 Å². The number of nitrogens with one attached hydrogen (secondary N) is 1. The first-order valence-corrected chi connectivity index (χ1v) is 7.60. The zero-order chi connectivity index (χ0) is 16.2. The molecule has 0 aliphatic heterocycles. The number of halogens is 3. The summed E-state index contributed by atoms with van der Waals surface area (Å²) in [4.78, 5) is 0. The number of phenols is 1. The smallest absolute Gasteiger partial charge is 0.391 e. The minimum Gasteiger partial charge on any atom is -0.508 e. The number of alkyl halides is 3. The predicted molar refractivity (Wildman–Crippen MR) is 77.6 cm³/mol. The predicted octanol–water partition coefficient (Wildman–Crippen LogP) is 3.01. The minimum atomic E-state index is -4.13. The number of phenolic OH excluding ortho intramolecular Hbond substituents is 1. The Bertz CT molecular complexity index is 461. The average molecular weight is 317 g/mol. The molecule has 1 fully saturated rings. The zero-order valence-corrected chi connectivity index (χ0v) is 12.3. The fourth-order valence-corrected chi connectivity index (χ4v) is 3.06. The molecule has 3 atom stereocenters. The van der Waals surface area contributed by atoms with Gasteiger partial charge < -0.3 is 15.5 Å². The number of aliphatic hydroxyl groups is 1. The van der Waals surface area contributed by atoms with Crippen LogP contribution in [0.3, 0.4) is 0 Å². The highest BCUT2D eigenvalue weighted by Crippen LogP contribution is 2.37. The van der Waals surface area contributed by atoms with Crippen molar-refractivity contribution in [1.82, 2.24) is 5.32 Å². The van der Waals surface area contributed by atoms with E-state index < -0.39 is 12.1 Å². The summed E-state index contributed by atoms with van der Waals surface area (Å²) in [6.45, 7) is -0.131. The molecule has 2 rings (SSSR count). The van der Waals surface area contributed by atoms with E-state index in [-0.39, 0.29) is 37.3 Å². The molecule has 3 N–H and O–H groups in total. The van der Waals surface area contributed by atoms with Gasteiger partial charge in [0.25, 0.3) is 0 Å². The van der Waals surface area contributed by atoms with Crippen molar-refractivity contribution in [3.05, 3.63) is 29.8 Å². The second-order valence-electron chi connectivity index (χ2n) is 6.02. The quantitative estimate of drug-likeness (QED) is 0.782.